The molecule has 0 aliphatic heterocycles. The molecule has 0 atom stereocenters. The Hall–Kier alpha value is -2.76. The molecule has 0 fully saturated rings. The average molecular weight is 274 g/mol. The summed E-state index contributed by atoms with van der Waals surface area (Å²) in [5.41, 5.74) is 6.17. The topological polar surface area (TPSA) is 87.6 Å². The number of nitro groups is 1. The lowest BCUT2D eigenvalue weighted by atomic mass is 10.2. The fourth-order valence-corrected chi connectivity index (χ4v) is 1.68. The van der Waals surface area contributed by atoms with Gasteiger partial charge in [0, 0.05) is 12.1 Å². The second-order valence-corrected chi connectivity index (χ2v) is 3.96. The SMILES string of the molecule is CCOc1cc(Oc2ccccc2N)ccc1[N+](=O)[O-]. The molecule has 0 aliphatic carbocycles. The first kappa shape index (κ1) is 13.7. The number of nitrogen functional groups attached to an aromatic ring is 1. The summed E-state index contributed by atoms with van der Waals surface area (Å²) in [5.74, 6) is 1.09. The van der Waals surface area contributed by atoms with Crippen LogP contribution in [0.4, 0.5) is 11.4 Å². The molecule has 2 rings (SSSR count). The Kier molecular flexibility index (Phi) is 4.05. The molecule has 0 saturated heterocycles. The van der Waals surface area contributed by atoms with Gasteiger partial charge < -0.3 is 15.2 Å². The van der Waals surface area contributed by atoms with E-state index in [4.69, 9.17) is 15.2 Å². The number of hydrogen-bond donors (Lipinski definition) is 1. The maximum atomic E-state index is 10.9. The highest BCUT2D eigenvalue weighted by molar-refractivity contribution is 5.56. The van der Waals surface area contributed by atoms with E-state index in [9.17, 15) is 10.1 Å². The standard InChI is InChI=1S/C14H14N2O4/c1-2-19-14-9-10(7-8-12(14)16(17)18)20-13-6-4-3-5-11(13)15/h3-9H,2,15H2,1H3. The minimum Gasteiger partial charge on any atom is -0.487 e. The summed E-state index contributed by atoms with van der Waals surface area (Å²) in [4.78, 5) is 10.4. The molecular weight excluding hydrogens is 260 g/mol. The number of nitrogens with two attached hydrogens (primary N) is 1. The third kappa shape index (κ3) is 2.97. The van der Waals surface area contributed by atoms with Crippen molar-refractivity contribution in [2.45, 2.75) is 6.92 Å². The fraction of sp³-hybridized carbons (Fsp3) is 0.143. The van der Waals surface area contributed by atoms with Crippen LogP contribution in [0.15, 0.2) is 42.5 Å². The number of benzene rings is 2. The van der Waals surface area contributed by atoms with E-state index in [1.54, 1.807) is 31.2 Å². The zero-order valence-corrected chi connectivity index (χ0v) is 10.9. The third-order valence-electron chi connectivity index (χ3n) is 2.57. The van der Waals surface area contributed by atoms with Crippen LogP contribution in [0.5, 0.6) is 17.2 Å². The molecule has 0 heterocycles. The Labute approximate surface area is 115 Å². The molecule has 20 heavy (non-hydrogen) atoms. The van der Waals surface area contributed by atoms with Gasteiger partial charge in [0.05, 0.1) is 17.2 Å². The predicted molar refractivity (Wildman–Crippen MR) is 75.2 cm³/mol. The highest BCUT2D eigenvalue weighted by atomic mass is 16.6. The molecule has 2 aromatic carbocycles. The maximum absolute atomic E-state index is 10.9. The van der Waals surface area contributed by atoms with Crippen molar-refractivity contribution in [3.05, 3.63) is 52.6 Å². The normalized spacial score (nSPS) is 10.1. The summed E-state index contributed by atoms with van der Waals surface area (Å²) in [6.07, 6.45) is 0. The van der Waals surface area contributed by atoms with Crippen LogP contribution in [0.25, 0.3) is 0 Å². The number of nitro benzene ring substituents is 1. The predicted octanol–water partition coefficient (Wildman–Crippen LogP) is 3.37. The molecule has 2 aromatic rings. The Balaban J connectivity index is 2.32. The van der Waals surface area contributed by atoms with Crippen molar-refractivity contribution in [3.8, 4) is 17.2 Å². The number of nitrogens with zero attached hydrogens (tertiary/aromatic N) is 1. The highest BCUT2D eigenvalue weighted by Crippen LogP contribution is 2.34. The van der Waals surface area contributed by atoms with Crippen molar-refractivity contribution in [1.82, 2.24) is 0 Å². The lowest BCUT2D eigenvalue weighted by Gasteiger charge is -2.10. The van der Waals surface area contributed by atoms with E-state index >= 15 is 0 Å². The van der Waals surface area contributed by atoms with Crippen molar-refractivity contribution in [3.63, 3.8) is 0 Å². The first-order valence-electron chi connectivity index (χ1n) is 6.05. The molecule has 0 aliphatic rings. The minimum absolute atomic E-state index is 0.0970. The average Bonchev–Trinajstić information content (AvgIpc) is 2.42. The van der Waals surface area contributed by atoms with Gasteiger partial charge in [-0.3, -0.25) is 10.1 Å². The fourth-order valence-electron chi connectivity index (χ4n) is 1.68. The van der Waals surface area contributed by atoms with Gasteiger partial charge in [-0.15, -0.1) is 0 Å². The van der Waals surface area contributed by atoms with E-state index in [0.29, 0.717) is 23.8 Å². The van der Waals surface area contributed by atoms with Gasteiger partial charge in [0.15, 0.2) is 0 Å². The van der Waals surface area contributed by atoms with Crippen molar-refractivity contribution >= 4 is 11.4 Å². The van der Waals surface area contributed by atoms with E-state index in [2.05, 4.69) is 0 Å². The van der Waals surface area contributed by atoms with Crippen LogP contribution < -0.4 is 15.2 Å². The smallest absolute Gasteiger partial charge is 0.311 e. The van der Waals surface area contributed by atoms with E-state index in [-0.39, 0.29) is 11.4 Å². The van der Waals surface area contributed by atoms with Gasteiger partial charge in [0.2, 0.25) is 5.75 Å². The van der Waals surface area contributed by atoms with E-state index in [1.165, 1.54) is 18.2 Å². The Bertz CT molecular complexity index is 628. The number of para-hydroxylation sites is 2. The van der Waals surface area contributed by atoms with Crippen LogP contribution in [-0.4, -0.2) is 11.5 Å². The van der Waals surface area contributed by atoms with Gasteiger partial charge in [-0.25, -0.2) is 0 Å². The number of rotatable bonds is 5. The van der Waals surface area contributed by atoms with Crippen molar-refractivity contribution < 1.29 is 14.4 Å². The number of ether oxygens (including phenoxy) is 2. The molecular formula is C14H14N2O4. The van der Waals surface area contributed by atoms with Gasteiger partial charge in [-0.1, -0.05) is 12.1 Å². The van der Waals surface area contributed by atoms with Gasteiger partial charge in [0.25, 0.3) is 0 Å². The summed E-state index contributed by atoms with van der Waals surface area (Å²) in [7, 11) is 0. The molecule has 0 bridgehead atoms. The van der Waals surface area contributed by atoms with E-state index in [0.717, 1.165) is 0 Å². The molecule has 0 radical (unpaired) electrons. The van der Waals surface area contributed by atoms with Crippen LogP contribution in [0.2, 0.25) is 0 Å². The quantitative estimate of drug-likeness (QED) is 0.513. The summed E-state index contributed by atoms with van der Waals surface area (Å²) >= 11 is 0. The second kappa shape index (κ2) is 5.92. The highest BCUT2D eigenvalue weighted by Gasteiger charge is 2.16. The number of hydrogen-bond acceptors (Lipinski definition) is 5. The van der Waals surface area contributed by atoms with Crippen molar-refractivity contribution in [2.75, 3.05) is 12.3 Å². The molecule has 0 amide bonds. The van der Waals surface area contributed by atoms with Gasteiger partial charge in [-0.2, -0.15) is 0 Å². The Morgan fingerprint density at radius 1 is 1.20 bits per heavy atom. The monoisotopic (exact) mass is 274 g/mol. The molecule has 6 nitrogen and oxygen atoms in total. The lowest BCUT2D eigenvalue weighted by Crippen LogP contribution is -1.98. The maximum Gasteiger partial charge on any atom is 0.311 e. The minimum atomic E-state index is -0.494. The molecule has 0 unspecified atom stereocenters. The summed E-state index contributed by atoms with van der Waals surface area (Å²) in [6.45, 7) is 2.09. The first-order valence-corrected chi connectivity index (χ1v) is 6.05. The van der Waals surface area contributed by atoms with Gasteiger partial charge in [-0.05, 0) is 25.1 Å². The lowest BCUT2D eigenvalue weighted by molar-refractivity contribution is -0.385. The molecule has 104 valence electrons. The Morgan fingerprint density at radius 3 is 2.60 bits per heavy atom. The van der Waals surface area contributed by atoms with Crippen LogP contribution in [0.3, 0.4) is 0 Å². The number of anilines is 1. The Morgan fingerprint density at radius 2 is 1.95 bits per heavy atom. The zero-order chi connectivity index (χ0) is 14.5. The summed E-state index contributed by atoms with van der Waals surface area (Å²) in [6, 6.07) is 11.4. The molecule has 0 spiro atoms. The van der Waals surface area contributed by atoms with Crippen LogP contribution >= 0.6 is 0 Å². The van der Waals surface area contributed by atoms with Gasteiger partial charge >= 0.3 is 5.69 Å². The van der Waals surface area contributed by atoms with E-state index in [1.807, 2.05) is 0 Å². The molecule has 0 aromatic heterocycles. The third-order valence-corrected chi connectivity index (χ3v) is 2.57. The second-order valence-electron chi connectivity index (χ2n) is 3.96. The van der Waals surface area contributed by atoms with Crippen molar-refractivity contribution in [2.24, 2.45) is 0 Å². The largest absolute Gasteiger partial charge is 0.487 e. The van der Waals surface area contributed by atoms with E-state index < -0.39 is 4.92 Å². The summed E-state index contributed by atoms with van der Waals surface area (Å²) < 4.78 is 10.9. The van der Waals surface area contributed by atoms with Gasteiger partial charge in [0.1, 0.15) is 11.5 Å². The zero-order valence-electron chi connectivity index (χ0n) is 10.9. The van der Waals surface area contributed by atoms with Crippen LogP contribution in [0, 0.1) is 10.1 Å². The summed E-state index contributed by atoms with van der Waals surface area (Å²) in [5, 5.41) is 10.9. The molecule has 0 saturated carbocycles. The molecule has 6 heteroatoms. The van der Waals surface area contributed by atoms with Crippen molar-refractivity contribution in [1.29, 1.82) is 0 Å². The first-order chi connectivity index (χ1) is 9.61. The molecule has 2 N–H and O–H groups in total. The van der Waals surface area contributed by atoms with Crippen LogP contribution in [-0.2, 0) is 0 Å². The van der Waals surface area contributed by atoms with Crippen LogP contribution in [0.1, 0.15) is 6.92 Å².